The summed E-state index contributed by atoms with van der Waals surface area (Å²) in [5.74, 6) is 0.193. The molecule has 0 heterocycles. The number of thiol groups is 2. The average molecular weight is 567 g/mol. The normalized spacial score (nSPS) is 10.7. The summed E-state index contributed by atoms with van der Waals surface area (Å²) in [7, 11) is 0. The van der Waals surface area contributed by atoms with E-state index in [0.717, 1.165) is 41.4 Å². The Morgan fingerprint density at radius 1 is 1.00 bits per heavy atom. The fourth-order valence-corrected chi connectivity index (χ4v) is 4.08. The van der Waals surface area contributed by atoms with Gasteiger partial charge in [-0.25, -0.2) is 0 Å². The number of carbonyl (C=O) groups is 2. The van der Waals surface area contributed by atoms with Crippen LogP contribution in [0.25, 0.3) is 0 Å². The standard InChI is InChI=1S/C10H16O2S4.C6H12O2S2.C2H2S.2CH4/c1-7(13)15-6-4-3-5-9(10(11)12)16-8(2)14;7-6(8)5(10)3-1-2-4-9;1-2-3;;/h9H,3-6H2,1-2H3,(H,11,12);5,9-10H,1-4H2,(H,7,8);1H2;2*1H4. The number of hydrogen-bond donors (Lipinski definition) is 4. The molecule has 11 heteroatoms. The van der Waals surface area contributed by atoms with E-state index in [2.05, 4.69) is 49.1 Å². The summed E-state index contributed by atoms with van der Waals surface area (Å²) in [6.45, 7) is 6.72. The summed E-state index contributed by atoms with van der Waals surface area (Å²) in [6.07, 6.45) is 5.07. The first-order valence-electron chi connectivity index (χ1n) is 8.72. The lowest BCUT2D eigenvalue weighted by atomic mass is 10.2. The van der Waals surface area contributed by atoms with Crippen LogP contribution in [0.4, 0.5) is 0 Å². The Hall–Kier alpha value is 0.390. The minimum atomic E-state index is -0.831. The van der Waals surface area contributed by atoms with E-state index < -0.39 is 22.4 Å². The minimum absolute atomic E-state index is 0. The highest BCUT2D eigenvalue weighted by molar-refractivity contribution is 8.23. The second-order valence-corrected chi connectivity index (χ2v) is 11.3. The smallest absolute Gasteiger partial charge is 0.317 e. The second-order valence-electron chi connectivity index (χ2n) is 5.49. The van der Waals surface area contributed by atoms with Crippen LogP contribution in [0.1, 0.15) is 67.2 Å². The van der Waals surface area contributed by atoms with Crippen LogP contribution in [0.3, 0.4) is 0 Å². The number of thioether (sulfide) groups is 2. The van der Waals surface area contributed by atoms with Crippen LogP contribution in [0.5, 0.6) is 0 Å². The van der Waals surface area contributed by atoms with Gasteiger partial charge in [-0.3, -0.25) is 9.59 Å². The summed E-state index contributed by atoms with van der Waals surface area (Å²) in [6, 6.07) is 0. The number of carboxylic acids is 2. The van der Waals surface area contributed by atoms with Gasteiger partial charge in [0.05, 0.1) is 5.25 Å². The Kier molecular flexibility index (Phi) is 40.8. The maximum atomic E-state index is 10.9. The van der Waals surface area contributed by atoms with Gasteiger partial charge in [0.1, 0.15) is 5.25 Å². The predicted molar refractivity (Wildman–Crippen MR) is 162 cm³/mol. The lowest BCUT2D eigenvalue weighted by molar-refractivity contribution is -0.137. The van der Waals surface area contributed by atoms with E-state index in [1.54, 1.807) is 18.7 Å². The van der Waals surface area contributed by atoms with Gasteiger partial charge in [0.15, 0.2) is 0 Å². The summed E-state index contributed by atoms with van der Waals surface area (Å²) in [5, 5.41) is 18.5. The highest BCUT2D eigenvalue weighted by atomic mass is 32.2. The van der Waals surface area contributed by atoms with Crippen LogP contribution >= 0.6 is 85.4 Å². The summed E-state index contributed by atoms with van der Waals surface area (Å²) < 4.78 is 1.63. The quantitative estimate of drug-likeness (QED) is 0.111. The van der Waals surface area contributed by atoms with E-state index >= 15 is 0 Å². The highest BCUT2D eigenvalue weighted by Gasteiger charge is 2.18. The molecule has 0 aromatic heterocycles. The summed E-state index contributed by atoms with van der Waals surface area (Å²) in [5.41, 5.74) is 0. The zero-order valence-corrected chi connectivity index (χ0v) is 22.5. The van der Waals surface area contributed by atoms with Crippen LogP contribution in [0.2, 0.25) is 0 Å². The van der Waals surface area contributed by atoms with E-state index in [4.69, 9.17) is 34.6 Å². The van der Waals surface area contributed by atoms with Crippen LogP contribution in [-0.2, 0) is 9.59 Å². The Balaban J connectivity index is -0.000000130. The number of thiocarbonyl (C=S) groups is 3. The van der Waals surface area contributed by atoms with Gasteiger partial charge in [0.2, 0.25) is 0 Å². The van der Waals surface area contributed by atoms with Crippen molar-refractivity contribution in [1.29, 1.82) is 0 Å². The number of rotatable bonds is 12. The van der Waals surface area contributed by atoms with E-state index in [1.165, 1.54) is 11.8 Å². The molecule has 0 aliphatic heterocycles. The second kappa shape index (κ2) is 30.4. The Morgan fingerprint density at radius 2 is 1.48 bits per heavy atom. The zero-order chi connectivity index (χ0) is 23.2. The topological polar surface area (TPSA) is 74.6 Å². The molecule has 0 bridgehead atoms. The van der Waals surface area contributed by atoms with Crippen LogP contribution in [0.15, 0.2) is 6.58 Å². The molecule has 2 unspecified atom stereocenters. The molecule has 0 rings (SSSR count). The Bertz CT molecular complexity index is 522. The van der Waals surface area contributed by atoms with Gasteiger partial charge in [0, 0.05) is 8.39 Å². The van der Waals surface area contributed by atoms with E-state index in [9.17, 15) is 9.59 Å². The number of unbranched alkanes of at least 4 members (excludes halogenated alkanes) is 2. The van der Waals surface area contributed by atoms with E-state index in [1.807, 2.05) is 6.92 Å². The molecule has 2 atom stereocenters. The van der Waals surface area contributed by atoms with E-state index in [0.29, 0.717) is 17.0 Å². The van der Waals surface area contributed by atoms with Gasteiger partial charge in [-0.15, -0.1) is 23.5 Å². The molecule has 0 saturated heterocycles. The van der Waals surface area contributed by atoms with Gasteiger partial charge in [-0.1, -0.05) is 57.2 Å². The molecule has 0 radical (unpaired) electrons. The van der Waals surface area contributed by atoms with Gasteiger partial charge in [-0.05, 0) is 69.8 Å². The zero-order valence-electron chi connectivity index (χ0n) is 16.7. The molecular formula is C20H38O4S7. The van der Waals surface area contributed by atoms with Gasteiger partial charge >= 0.3 is 11.9 Å². The molecule has 0 spiro atoms. The third-order valence-electron chi connectivity index (χ3n) is 2.92. The lowest BCUT2D eigenvalue weighted by Gasteiger charge is -2.10. The Morgan fingerprint density at radius 3 is 1.84 bits per heavy atom. The van der Waals surface area contributed by atoms with Crippen LogP contribution in [-0.4, -0.2) is 57.6 Å². The van der Waals surface area contributed by atoms with Crippen molar-refractivity contribution in [2.75, 3.05) is 11.5 Å². The SMILES string of the molecule is C.C.C=C=S.CC(=S)SCCCCC(SC(C)=S)C(=O)O.O=C(O)C(S)CCCCS. The summed E-state index contributed by atoms with van der Waals surface area (Å²) in [4.78, 5) is 21.1. The van der Waals surface area contributed by atoms with Crippen LogP contribution < -0.4 is 0 Å². The average Bonchev–Trinajstić information content (AvgIpc) is 2.61. The van der Waals surface area contributed by atoms with Crippen molar-refractivity contribution in [2.24, 2.45) is 0 Å². The molecule has 0 amide bonds. The van der Waals surface area contributed by atoms with Crippen molar-refractivity contribution < 1.29 is 19.8 Å². The molecule has 0 aliphatic rings. The predicted octanol–water partition coefficient (Wildman–Crippen LogP) is 7.28. The maximum Gasteiger partial charge on any atom is 0.317 e. The molecule has 184 valence electrons. The first-order chi connectivity index (χ1) is 13.5. The van der Waals surface area contributed by atoms with Crippen molar-refractivity contribution in [1.82, 2.24) is 0 Å². The first-order valence-corrected chi connectivity index (χ1v) is 13.0. The lowest BCUT2D eigenvalue weighted by Crippen LogP contribution is -2.17. The molecule has 0 aliphatic carbocycles. The molecule has 0 saturated carbocycles. The van der Waals surface area contributed by atoms with Crippen molar-refractivity contribution in [3.05, 3.63) is 6.58 Å². The molecule has 0 aromatic carbocycles. The molecule has 2 N–H and O–H groups in total. The van der Waals surface area contributed by atoms with Crippen molar-refractivity contribution in [3.8, 4) is 0 Å². The third kappa shape index (κ3) is 38.0. The van der Waals surface area contributed by atoms with Crippen molar-refractivity contribution >= 4 is 111 Å². The molecule has 0 aromatic rings. The monoisotopic (exact) mass is 566 g/mol. The molecule has 31 heavy (non-hydrogen) atoms. The summed E-state index contributed by atoms with van der Waals surface area (Å²) >= 11 is 24.7. The molecule has 4 nitrogen and oxygen atoms in total. The highest BCUT2D eigenvalue weighted by Crippen LogP contribution is 2.20. The van der Waals surface area contributed by atoms with Crippen molar-refractivity contribution in [2.45, 2.75) is 77.7 Å². The van der Waals surface area contributed by atoms with Gasteiger partial charge < -0.3 is 10.2 Å². The number of hydrogen-bond acceptors (Lipinski definition) is 9. The largest absolute Gasteiger partial charge is 0.480 e. The van der Waals surface area contributed by atoms with Gasteiger partial charge in [0.25, 0.3) is 0 Å². The first kappa shape index (κ1) is 41.6. The number of carboxylic acid groups (broad SMARTS) is 2. The van der Waals surface area contributed by atoms with Crippen LogP contribution in [0, 0.1) is 0 Å². The molecule has 0 fully saturated rings. The van der Waals surface area contributed by atoms with E-state index in [-0.39, 0.29) is 14.9 Å². The molecular weight excluding hydrogens is 529 g/mol. The fourth-order valence-electron chi connectivity index (χ4n) is 1.65. The van der Waals surface area contributed by atoms with Gasteiger partial charge in [-0.2, -0.15) is 25.3 Å². The number of aliphatic carboxylic acids is 2. The third-order valence-corrected chi connectivity index (χ3v) is 6.31. The minimum Gasteiger partial charge on any atom is -0.480 e. The van der Waals surface area contributed by atoms with Crippen molar-refractivity contribution in [3.63, 3.8) is 0 Å². The maximum absolute atomic E-state index is 10.9. The Labute approximate surface area is 225 Å². The fraction of sp³-hybridized carbons (Fsp3) is 0.700.